The minimum absolute atomic E-state index is 0.369. The van der Waals surface area contributed by atoms with Crippen molar-refractivity contribution in [2.75, 3.05) is 12.4 Å². The van der Waals surface area contributed by atoms with Gasteiger partial charge in [0.2, 0.25) is 5.95 Å². The van der Waals surface area contributed by atoms with Gasteiger partial charge in [-0.1, -0.05) is 6.07 Å². The average Bonchev–Trinajstić information content (AvgIpc) is 2.85. The molecule has 0 atom stereocenters. The third kappa shape index (κ3) is 2.35. The molecule has 5 heteroatoms. The average molecular weight is 270 g/mol. The molecule has 0 spiro atoms. The summed E-state index contributed by atoms with van der Waals surface area (Å²) in [7, 11) is 1.92. The van der Waals surface area contributed by atoms with Gasteiger partial charge in [-0.25, -0.2) is 4.98 Å². The number of nitrogens with zero attached hydrogens (tertiary/aromatic N) is 1. The summed E-state index contributed by atoms with van der Waals surface area (Å²) in [4.78, 5) is 6.85. The molecule has 1 aromatic carbocycles. The van der Waals surface area contributed by atoms with E-state index in [1.807, 2.05) is 31.4 Å². The Labute approximate surface area is 116 Å². The fourth-order valence-corrected chi connectivity index (χ4v) is 2.24. The number of benzene rings is 1. The summed E-state index contributed by atoms with van der Waals surface area (Å²) in [6.45, 7) is 0.810. The first-order chi connectivity index (χ1) is 9.78. The number of hydrogen-bond acceptors (Lipinski definition) is 3. The second-order valence-corrected chi connectivity index (χ2v) is 4.57. The van der Waals surface area contributed by atoms with Gasteiger partial charge in [0.25, 0.3) is 0 Å². The van der Waals surface area contributed by atoms with Crippen molar-refractivity contribution in [3.8, 4) is 0 Å². The lowest BCUT2D eigenvalue weighted by Crippen LogP contribution is -2.03. The third-order valence-electron chi connectivity index (χ3n) is 3.17. The highest BCUT2D eigenvalue weighted by Gasteiger charge is 2.06. The van der Waals surface area contributed by atoms with Crippen LogP contribution in [0.5, 0.6) is 0 Å². The van der Waals surface area contributed by atoms with Gasteiger partial charge in [-0.05, 0) is 36.9 Å². The van der Waals surface area contributed by atoms with Gasteiger partial charge in [-0.3, -0.25) is 0 Å². The molecule has 0 fully saturated rings. The quantitative estimate of drug-likeness (QED) is 0.638. The summed E-state index contributed by atoms with van der Waals surface area (Å²) in [6, 6.07) is 9.27. The molecular weight excluding hydrogens is 255 g/mol. The Balaban J connectivity index is 1.92. The number of anilines is 2. The van der Waals surface area contributed by atoms with Crippen molar-refractivity contribution >= 4 is 22.3 Å². The van der Waals surface area contributed by atoms with Gasteiger partial charge in [0.05, 0.1) is 5.69 Å². The maximum atomic E-state index is 13.5. The fraction of sp³-hybridized carbons (Fsp3) is 0.133. The molecule has 3 rings (SSSR count). The van der Waals surface area contributed by atoms with Crippen LogP contribution in [-0.4, -0.2) is 17.0 Å². The highest BCUT2D eigenvalue weighted by atomic mass is 19.1. The number of aromatic amines is 1. The highest BCUT2D eigenvalue weighted by Crippen LogP contribution is 2.24. The van der Waals surface area contributed by atoms with Crippen molar-refractivity contribution in [3.05, 3.63) is 54.2 Å². The molecule has 2 aromatic heterocycles. The fourth-order valence-electron chi connectivity index (χ4n) is 2.24. The molecule has 0 radical (unpaired) electrons. The Morgan fingerprint density at radius 2 is 2.20 bits per heavy atom. The van der Waals surface area contributed by atoms with Crippen LogP contribution < -0.4 is 10.6 Å². The molecule has 102 valence electrons. The zero-order valence-electron chi connectivity index (χ0n) is 11.1. The summed E-state index contributed by atoms with van der Waals surface area (Å²) < 4.78 is 13.5. The highest BCUT2D eigenvalue weighted by molar-refractivity contribution is 5.86. The van der Waals surface area contributed by atoms with Gasteiger partial charge in [-0.2, -0.15) is 4.39 Å². The van der Waals surface area contributed by atoms with Crippen LogP contribution in [0.15, 0.2) is 42.7 Å². The molecule has 0 aliphatic carbocycles. The molecule has 4 nitrogen and oxygen atoms in total. The van der Waals surface area contributed by atoms with E-state index >= 15 is 0 Å². The lowest BCUT2D eigenvalue weighted by atomic mass is 10.1. The van der Waals surface area contributed by atoms with E-state index in [1.54, 1.807) is 12.1 Å². The normalized spacial score (nSPS) is 10.9. The Hall–Kier alpha value is -2.40. The number of nitrogens with one attached hydrogen (secondary N) is 3. The smallest absolute Gasteiger partial charge is 0.236 e. The summed E-state index contributed by atoms with van der Waals surface area (Å²) >= 11 is 0. The molecule has 0 saturated carbocycles. The lowest BCUT2D eigenvalue weighted by molar-refractivity contribution is 0.588. The Morgan fingerprint density at radius 3 is 3.00 bits per heavy atom. The number of fused-ring (bicyclic) bond motifs is 1. The molecule has 0 aliphatic rings. The van der Waals surface area contributed by atoms with Crippen LogP contribution in [0.3, 0.4) is 0 Å². The molecule has 0 aliphatic heterocycles. The van der Waals surface area contributed by atoms with Gasteiger partial charge in [0, 0.05) is 35.5 Å². The van der Waals surface area contributed by atoms with Crippen LogP contribution in [0.1, 0.15) is 5.56 Å². The first kappa shape index (κ1) is 12.6. The zero-order chi connectivity index (χ0) is 13.9. The molecule has 3 aromatic rings. The molecule has 20 heavy (non-hydrogen) atoms. The lowest BCUT2D eigenvalue weighted by Gasteiger charge is -2.07. The van der Waals surface area contributed by atoms with Gasteiger partial charge < -0.3 is 15.6 Å². The van der Waals surface area contributed by atoms with Gasteiger partial charge >= 0.3 is 0 Å². The van der Waals surface area contributed by atoms with Crippen LogP contribution in [-0.2, 0) is 6.54 Å². The van der Waals surface area contributed by atoms with Gasteiger partial charge in [-0.15, -0.1) is 0 Å². The molecular formula is C15H15FN4. The maximum Gasteiger partial charge on any atom is 0.236 e. The summed E-state index contributed by atoms with van der Waals surface area (Å²) in [6.07, 6.45) is 3.41. The van der Waals surface area contributed by atoms with Crippen molar-refractivity contribution in [1.29, 1.82) is 0 Å². The Bertz CT molecular complexity index is 736. The molecule has 0 amide bonds. The number of halogens is 1. The SMILES string of the molecule is CNCc1c[nH]c2cc(Nc3cccnc3F)ccc12. The minimum Gasteiger partial charge on any atom is -0.361 e. The van der Waals surface area contributed by atoms with Crippen LogP contribution in [0.2, 0.25) is 0 Å². The first-order valence-corrected chi connectivity index (χ1v) is 6.40. The maximum absolute atomic E-state index is 13.5. The minimum atomic E-state index is -0.505. The van der Waals surface area contributed by atoms with Crippen molar-refractivity contribution in [1.82, 2.24) is 15.3 Å². The predicted octanol–water partition coefficient (Wildman–Crippen LogP) is 3.17. The topological polar surface area (TPSA) is 52.7 Å². The second kappa shape index (κ2) is 5.30. The third-order valence-corrected chi connectivity index (χ3v) is 3.17. The standard InChI is InChI=1S/C15H15FN4/c1-17-8-10-9-19-14-7-11(4-5-12(10)14)20-13-3-2-6-18-15(13)16/h2-7,9,17,19-20H,8H2,1H3. The van der Waals surface area contributed by atoms with Crippen LogP contribution in [0.25, 0.3) is 10.9 Å². The molecule has 0 bridgehead atoms. The molecule has 3 N–H and O–H groups in total. The van der Waals surface area contributed by atoms with E-state index < -0.39 is 5.95 Å². The van der Waals surface area contributed by atoms with Crippen molar-refractivity contribution in [2.45, 2.75) is 6.54 Å². The van der Waals surface area contributed by atoms with E-state index in [0.717, 1.165) is 23.1 Å². The van der Waals surface area contributed by atoms with Gasteiger partial charge in [0.1, 0.15) is 0 Å². The van der Waals surface area contributed by atoms with Crippen LogP contribution >= 0.6 is 0 Å². The molecule has 0 saturated heterocycles. The van der Waals surface area contributed by atoms with E-state index in [-0.39, 0.29) is 0 Å². The van der Waals surface area contributed by atoms with Gasteiger partial charge in [0.15, 0.2) is 0 Å². The number of rotatable bonds is 4. The first-order valence-electron chi connectivity index (χ1n) is 6.40. The van der Waals surface area contributed by atoms with Crippen molar-refractivity contribution in [2.24, 2.45) is 0 Å². The number of hydrogen-bond donors (Lipinski definition) is 3. The van der Waals surface area contributed by atoms with E-state index in [9.17, 15) is 4.39 Å². The summed E-state index contributed by atoms with van der Waals surface area (Å²) in [5.41, 5.74) is 3.42. The molecule has 0 unspecified atom stereocenters. The zero-order valence-corrected chi connectivity index (χ0v) is 11.1. The van der Waals surface area contributed by atoms with E-state index in [0.29, 0.717) is 5.69 Å². The number of pyridine rings is 1. The monoisotopic (exact) mass is 270 g/mol. The van der Waals surface area contributed by atoms with E-state index in [2.05, 4.69) is 20.6 Å². The number of aromatic nitrogens is 2. The van der Waals surface area contributed by atoms with Crippen LogP contribution in [0.4, 0.5) is 15.8 Å². The largest absolute Gasteiger partial charge is 0.361 e. The van der Waals surface area contributed by atoms with Crippen molar-refractivity contribution < 1.29 is 4.39 Å². The predicted molar refractivity (Wildman–Crippen MR) is 78.5 cm³/mol. The second-order valence-electron chi connectivity index (χ2n) is 4.57. The Kier molecular flexibility index (Phi) is 3.35. The van der Waals surface area contributed by atoms with E-state index in [4.69, 9.17) is 0 Å². The Morgan fingerprint density at radius 1 is 1.30 bits per heavy atom. The summed E-state index contributed by atoms with van der Waals surface area (Å²) in [5.74, 6) is -0.505. The summed E-state index contributed by atoms with van der Waals surface area (Å²) in [5, 5.41) is 7.33. The van der Waals surface area contributed by atoms with E-state index in [1.165, 1.54) is 11.8 Å². The van der Waals surface area contributed by atoms with Crippen LogP contribution in [0, 0.1) is 5.95 Å². The molecule has 2 heterocycles. The van der Waals surface area contributed by atoms with Crippen molar-refractivity contribution in [3.63, 3.8) is 0 Å². The number of H-pyrrole nitrogens is 1.